The second kappa shape index (κ2) is 7.72. The lowest BCUT2D eigenvalue weighted by atomic mass is 10.1. The largest absolute Gasteiger partial charge is 0.392 e. The lowest BCUT2D eigenvalue weighted by molar-refractivity contribution is 0.0371. The number of piperazine rings is 1. The van der Waals surface area contributed by atoms with Crippen LogP contribution in [0.25, 0.3) is 0 Å². The van der Waals surface area contributed by atoms with Crippen molar-refractivity contribution in [2.75, 3.05) is 32.7 Å². The van der Waals surface area contributed by atoms with Crippen LogP contribution in [0.5, 0.6) is 0 Å². The van der Waals surface area contributed by atoms with Crippen molar-refractivity contribution < 1.29 is 5.11 Å². The molecular weight excluding hydrogens is 250 g/mol. The minimum atomic E-state index is -0.229. The molecule has 1 N–H and O–H groups in total. The molecule has 0 aliphatic carbocycles. The van der Waals surface area contributed by atoms with Gasteiger partial charge < -0.3 is 10.0 Å². The molecule has 1 aromatic heterocycles. The average Bonchev–Trinajstić information content (AvgIpc) is 2.46. The van der Waals surface area contributed by atoms with E-state index < -0.39 is 0 Å². The molecule has 1 aliphatic rings. The van der Waals surface area contributed by atoms with Crippen molar-refractivity contribution in [3.05, 3.63) is 30.1 Å². The normalized spacial score (nSPS) is 22.9. The first-order chi connectivity index (χ1) is 9.69. The quantitative estimate of drug-likeness (QED) is 0.853. The van der Waals surface area contributed by atoms with E-state index >= 15 is 0 Å². The van der Waals surface area contributed by atoms with Crippen LogP contribution >= 0.6 is 0 Å². The highest BCUT2D eigenvalue weighted by molar-refractivity contribution is 5.10. The Morgan fingerprint density at radius 2 is 2.10 bits per heavy atom. The molecule has 0 spiro atoms. The zero-order valence-electron chi connectivity index (χ0n) is 12.7. The van der Waals surface area contributed by atoms with Gasteiger partial charge in [-0.3, -0.25) is 9.88 Å². The van der Waals surface area contributed by atoms with Crippen LogP contribution in [0, 0.1) is 0 Å². The van der Waals surface area contributed by atoms with E-state index in [0.29, 0.717) is 6.04 Å². The van der Waals surface area contributed by atoms with E-state index in [4.69, 9.17) is 0 Å². The Morgan fingerprint density at radius 1 is 1.35 bits per heavy atom. The van der Waals surface area contributed by atoms with Gasteiger partial charge in [0, 0.05) is 51.2 Å². The molecule has 0 saturated carbocycles. The van der Waals surface area contributed by atoms with E-state index in [1.54, 1.807) is 0 Å². The summed E-state index contributed by atoms with van der Waals surface area (Å²) >= 11 is 0. The number of aliphatic hydroxyl groups excluding tert-OH is 1. The number of hydrogen-bond acceptors (Lipinski definition) is 4. The van der Waals surface area contributed by atoms with Crippen LogP contribution in [-0.4, -0.2) is 64.8 Å². The Hall–Kier alpha value is -0.970. The number of β-amino-alcohol motifs (C(OH)–C–C–N with tert-alkyl or cyclic N) is 1. The summed E-state index contributed by atoms with van der Waals surface area (Å²) in [6.45, 7) is 9.33. The number of aromatic nitrogens is 1. The summed E-state index contributed by atoms with van der Waals surface area (Å²) in [6.07, 6.45) is 5.75. The summed E-state index contributed by atoms with van der Waals surface area (Å²) in [6, 6.07) is 4.78. The third kappa shape index (κ3) is 4.54. The Morgan fingerprint density at radius 3 is 2.75 bits per heavy atom. The van der Waals surface area contributed by atoms with Crippen LogP contribution < -0.4 is 0 Å². The lowest BCUT2D eigenvalue weighted by Gasteiger charge is -2.41. The van der Waals surface area contributed by atoms with Crippen molar-refractivity contribution >= 4 is 0 Å². The van der Waals surface area contributed by atoms with Gasteiger partial charge in [0.05, 0.1) is 6.10 Å². The zero-order chi connectivity index (χ0) is 14.4. The van der Waals surface area contributed by atoms with Gasteiger partial charge in [-0.25, -0.2) is 0 Å². The van der Waals surface area contributed by atoms with Crippen LogP contribution in [-0.2, 0) is 6.42 Å². The molecule has 20 heavy (non-hydrogen) atoms. The summed E-state index contributed by atoms with van der Waals surface area (Å²) in [4.78, 5) is 9.05. The van der Waals surface area contributed by atoms with Gasteiger partial charge in [0.1, 0.15) is 0 Å². The van der Waals surface area contributed by atoms with Gasteiger partial charge in [0.15, 0.2) is 0 Å². The minimum Gasteiger partial charge on any atom is -0.392 e. The van der Waals surface area contributed by atoms with E-state index in [0.717, 1.165) is 45.6 Å². The summed E-state index contributed by atoms with van der Waals surface area (Å²) in [7, 11) is 0. The number of rotatable bonds is 6. The Kier molecular flexibility index (Phi) is 5.95. The number of nitrogens with zero attached hydrogens (tertiary/aromatic N) is 3. The average molecular weight is 277 g/mol. The number of pyridine rings is 1. The molecule has 2 heterocycles. The van der Waals surface area contributed by atoms with Crippen molar-refractivity contribution in [3.63, 3.8) is 0 Å². The van der Waals surface area contributed by atoms with E-state index in [2.05, 4.69) is 33.8 Å². The first-order valence-electron chi connectivity index (χ1n) is 7.72. The molecule has 1 aromatic rings. The highest BCUT2D eigenvalue weighted by Gasteiger charge is 2.25. The van der Waals surface area contributed by atoms with Gasteiger partial charge in [-0.1, -0.05) is 6.92 Å². The van der Waals surface area contributed by atoms with E-state index in [1.165, 1.54) is 5.56 Å². The molecule has 0 radical (unpaired) electrons. The maximum atomic E-state index is 9.57. The number of aliphatic hydroxyl groups is 1. The molecule has 0 amide bonds. The second-order valence-electron chi connectivity index (χ2n) is 5.81. The molecule has 0 unspecified atom stereocenters. The van der Waals surface area contributed by atoms with Crippen LogP contribution in [0.2, 0.25) is 0 Å². The molecule has 2 rings (SSSR count). The first kappa shape index (κ1) is 15.4. The van der Waals surface area contributed by atoms with Gasteiger partial charge in [-0.05, 0) is 37.5 Å². The van der Waals surface area contributed by atoms with Gasteiger partial charge in [0.2, 0.25) is 0 Å². The predicted octanol–water partition coefficient (Wildman–Crippen LogP) is 1.40. The van der Waals surface area contributed by atoms with Crippen LogP contribution in [0.3, 0.4) is 0 Å². The summed E-state index contributed by atoms with van der Waals surface area (Å²) in [5.74, 6) is 0. The standard InChI is InChI=1S/C16H27N3O/c1-3-16-13-18(10-11-19(16)12-14(2)20)9-6-15-4-7-17-8-5-15/h4-5,7-8,14,16,20H,3,6,9-13H2,1-2H3/t14-,16-/m0/s1. The molecule has 1 aliphatic heterocycles. The van der Waals surface area contributed by atoms with Crippen molar-refractivity contribution in [3.8, 4) is 0 Å². The van der Waals surface area contributed by atoms with Crippen LogP contribution in [0.15, 0.2) is 24.5 Å². The van der Waals surface area contributed by atoms with Crippen molar-refractivity contribution in [2.24, 2.45) is 0 Å². The first-order valence-corrected chi connectivity index (χ1v) is 7.72. The smallest absolute Gasteiger partial charge is 0.0639 e. The molecule has 4 heteroatoms. The molecule has 112 valence electrons. The lowest BCUT2D eigenvalue weighted by Crippen LogP contribution is -2.54. The molecule has 1 saturated heterocycles. The van der Waals surface area contributed by atoms with E-state index in [-0.39, 0.29) is 6.10 Å². The van der Waals surface area contributed by atoms with E-state index in [9.17, 15) is 5.11 Å². The van der Waals surface area contributed by atoms with Crippen molar-refractivity contribution in [2.45, 2.75) is 38.8 Å². The third-order valence-electron chi connectivity index (χ3n) is 4.12. The molecular formula is C16H27N3O. The highest BCUT2D eigenvalue weighted by Crippen LogP contribution is 2.14. The van der Waals surface area contributed by atoms with Gasteiger partial charge in [-0.2, -0.15) is 0 Å². The molecule has 2 atom stereocenters. The molecule has 1 fully saturated rings. The van der Waals surface area contributed by atoms with Gasteiger partial charge >= 0.3 is 0 Å². The summed E-state index contributed by atoms with van der Waals surface area (Å²) < 4.78 is 0. The Balaban J connectivity index is 1.81. The summed E-state index contributed by atoms with van der Waals surface area (Å²) in [5.41, 5.74) is 1.36. The van der Waals surface area contributed by atoms with Crippen molar-refractivity contribution in [1.29, 1.82) is 0 Å². The highest BCUT2D eigenvalue weighted by atomic mass is 16.3. The van der Waals surface area contributed by atoms with Crippen LogP contribution in [0.1, 0.15) is 25.8 Å². The molecule has 0 bridgehead atoms. The van der Waals surface area contributed by atoms with Gasteiger partial charge in [0.25, 0.3) is 0 Å². The maximum absolute atomic E-state index is 9.57. The summed E-state index contributed by atoms with van der Waals surface area (Å²) in [5, 5.41) is 9.57. The topological polar surface area (TPSA) is 39.6 Å². The monoisotopic (exact) mass is 277 g/mol. The molecule has 4 nitrogen and oxygen atoms in total. The fourth-order valence-electron chi connectivity index (χ4n) is 2.96. The fraction of sp³-hybridized carbons (Fsp3) is 0.688. The van der Waals surface area contributed by atoms with E-state index in [1.807, 2.05) is 19.3 Å². The van der Waals surface area contributed by atoms with Gasteiger partial charge in [-0.15, -0.1) is 0 Å². The maximum Gasteiger partial charge on any atom is 0.0639 e. The molecule has 0 aromatic carbocycles. The number of hydrogen-bond donors (Lipinski definition) is 1. The zero-order valence-corrected chi connectivity index (χ0v) is 12.7. The SMILES string of the molecule is CC[C@H]1CN(CCc2ccncc2)CCN1C[C@H](C)O. The van der Waals surface area contributed by atoms with Crippen LogP contribution in [0.4, 0.5) is 0 Å². The predicted molar refractivity (Wildman–Crippen MR) is 81.7 cm³/mol. The Labute approximate surface area is 122 Å². The fourth-order valence-corrected chi connectivity index (χ4v) is 2.96. The second-order valence-corrected chi connectivity index (χ2v) is 5.81. The minimum absolute atomic E-state index is 0.229. The van der Waals surface area contributed by atoms with Crippen molar-refractivity contribution in [1.82, 2.24) is 14.8 Å². The third-order valence-corrected chi connectivity index (χ3v) is 4.12. The Bertz CT molecular complexity index is 383.